The molecule has 0 radical (unpaired) electrons. The van der Waals surface area contributed by atoms with Crippen LogP contribution in [0.1, 0.15) is 5.56 Å². The zero-order valence-corrected chi connectivity index (χ0v) is 7.41. The first-order valence-electron chi connectivity index (χ1n) is 2.88. The Morgan fingerprint density at radius 3 is 2.91 bits per heavy atom. The van der Waals surface area contributed by atoms with Crippen LogP contribution in [0.15, 0.2) is 17.2 Å². The molecule has 0 atom stereocenters. The number of hydrogen-bond donors (Lipinski definition) is 0. The minimum absolute atomic E-state index is 0.277. The molecule has 0 amide bonds. The quantitative estimate of drug-likeness (QED) is 0.497. The first-order chi connectivity index (χ1) is 5.29. The minimum atomic E-state index is 0.277. The molecule has 0 unspecified atom stereocenters. The highest BCUT2D eigenvalue weighted by Gasteiger charge is 2.04. The van der Waals surface area contributed by atoms with Gasteiger partial charge in [0.15, 0.2) is 0 Å². The van der Waals surface area contributed by atoms with Gasteiger partial charge in [0.25, 0.3) is 0 Å². The van der Waals surface area contributed by atoms with Gasteiger partial charge in [-0.1, -0.05) is 11.6 Å². The Morgan fingerprint density at radius 2 is 2.45 bits per heavy atom. The van der Waals surface area contributed by atoms with Crippen LogP contribution in [-0.4, -0.2) is 11.2 Å². The summed E-state index contributed by atoms with van der Waals surface area (Å²) >= 11 is 7.15. The maximum Gasteiger partial charge on any atom is 0.147 e. The van der Waals surface area contributed by atoms with Crippen LogP contribution in [0.25, 0.3) is 0 Å². The third-order valence-corrected chi connectivity index (χ3v) is 2.26. The van der Waals surface area contributed by atoms with Crippen LogP contribution >= 0.6 is 23.4 Å². The Hall–Kier alpha value is -0.720. The lowest BCUT2D eigenvalue weighted by Crippen LogP contribution is -1.84. The van der Waals surface area contributed by atoms with E-state index in [1.54, 1.807) is 12.3 Å². The van der Waals surface area contributed by atoms with Crippen molar-refractivity contribution in [3.05, 3.63) is 23.0 Å². The van der Waals surface area contributed by atoms with Crippen molar-refractivity contribution in [2.75, 3.05) is 6.26 Å². The highest BCUT2D eigenvalue weighted by atomic mass is 35.5. The fourth-order valence-corrected chi connectivity index (χ4v) is 1.49. The van der Waals surface area contributed by atoms with Gasteiger partial charge in [0, 0.05) is 11.1 Å². The van der Waals surface area contributed by atoms with Crippen molar-refractivity contribution in [3.63, 3.8) is 0 Å². The lowest BCUT2D eigenvalue weighted by Gasteiger charge is -1.98. The van der Waals surface area contributed by atoms with Crippen molar-refractivity contribution >= 4 is 23.4 Å². The maximum atomic E-state index is 8.64. The fraction of sp³-hybridized carbons (Fsp3) is 0.143. The van der Waals surface area contributed by atoms with Gasteiger partial charge in [-0.05, 0) is 12.3 Å². The van der Waals surface area contributed by atoms with E-state index in [0.717, 1.165) is 4.90 Å². The van der Waals surface area contributed by atoms with Crippen LogP contribution in [0, 0.1) is 11.3 Å². The van der Waals surface area contributed by atoms with Crippen molar-refractivity contribution < 1.29 is 0 Å². The first-order valence-corrected chi connectivity index (χ1v) is 4.48. The zero-order valence-electron chi connectivity index (χ0n) is 5.84. The average Bonchev–Trinajstić information content (AvgIpc) is 2.04. The smallest absolute Gasteiger partial charge is 0.147 e. The summed E-state index contributed by atoms with van der Waals surface area (Å²) in [6.07, 6.45) is 3.49. The van der Waals surface area contributed by atoms with E-state index in [4.69, 9.17) is 16.9 Å². The first kappa shape index (κ1) is 8.38. The second-order valence-electron chi connectivity index (χ2n) is 1.79. The molecule has 1 rings (SSSR count). The Labute approximate surface area is 74.2 Å². The van der Waals surface area contributed by atoms with Crippen LogP contribution < -0.4 is 0 Å². The number of aromatic nitrogens is 1. The van der Waals surface area contributed by atoms with Gasteiger partial charge in [-0.2, -0.15) is 5.26 Å². The van der Waals surface area contributed by atoms with Gasteiger partial charge in [0.2, 0.25) is 0 Å². The van der Waals surface area contributed by atoms with Gasteiger partial charge in [0.05, 0.1) is 0 Å². The SMILES string of the molecule is CSc1ccnc(Cl)c1C#N. The molecule has 0 aliphatic carbocycles. The second kappa shape index (κ2) is 3.61. The number of halogens is 1. The molecule has 1 aromatic rings. The predicted octanol–water partition coefficient (Wildman–Crippen LogP) is 2.33. The number of rotatable bonds is 1. The Kier molecular flexibility index (Phi) is 2.75. The summed E-state index contributed by atoms with van der Waals surface area (Å²) in [5.74, 6) is 0. The number of thioether (sulfide) groups is 1. The summed E-state index contributed by atoms with van der Waals surface area (Å²) in [7, 11) is 0. The van der Waals surface area contributed by atoms with E-state index in [1.165, 1.54) is 11.8 Å². The molecule has 0 N–H and O–H groups in total. The molecule has 0 saturated carbocycles. The zero-order chi connectivity index (χ0) is 8.27. The summed E-state index contributed by atoms with van der Waals surface area (Å²) in [6, 6.07) is 3.77. The summed E-state index contributed by atoms with van der Waals surface area (Å²) in [5, 5.41) is 8.92. The van der Waals surface area contributed by atoms with Crippen molar-refractivity contribution in [2.24, 2.45) is 0 Å². The molecule has 0 spiro atoms. The third-order valence-electron chi connectivity index (χ3n) is 1.20. The van der Waals surface area contributed by atoms with Crippen LogP contribution in [0.3, 0.4) is 0 Å². The van der Waals surface area contributed by atoms with E-state index < -0.39 is 0 Å². The van der Waals surface area contributed by atoms with E-state index in [9.17, 15) is 0 Å². The van der Waals surface area contributed by atoms with Gasteiger partial charge < -0.3 is 0 Å². The van der Waals surface area contributed by atoms with Crippen LogP contribution in [-0.2, 0) is 0 Å². The molecular weight excluding hydrogens is 180 g/mol. The maximum absolute atomic E-state index is 8.64. The molecule has 0 aliphatic heterocycles. The minimum Gasteiger partial charge on any atom is -0.243 e. The lowest BCUT2D eigenvalue weighted by atomic mass is 10.3. The third kappa shape index (κ3) is 1.65. The average molecular weight is 185 g/mol. The molecule has 0 fully saturated rings. The van der Waals surface area contributed by atoms with Crippen LogP contribution in [0.5, 0.6) is 0 Å². The van der Waals surface area contributed by atoms with Crippen LogP contribution in [0.2, 0.25) is 5.15 Å². The molecule has 1 aromatic heterocycles. The molecule has 0 aliphatic rings. The summed E-state index contributed by atoms with van der Waals surface area (Å²) in [4.78, 5) is 4.66. The van der Waals surface area contributed by atoms with Gasteiger partial charge in [-0.25, -0.2) is 4.98 Å². The molecule has 1 heterocycles. The fourth-order valence-electron chi connectivity index (χ4n) is 0.691. The summed E-state index contributed by atoms with van der Waals surface area (Å²) in [5.41, 5.74) is 0.460. The molecular formula is C7H5ClN2S. The molecule has 2 nitrogen and oxygen atoms in total. The Bertz CT molecular complexity index is 306. The topological polar surface area (TPSA) is 36.7 Å². The normalized spacial score (nSPS) is 9.18. The Balaban J connectivity index is 3.27. The highest BCUT2D eigenvalue weighted by molar-refractivity contribution is 7.98. The largest absolute Gasteiger partial charge is 0.243 e. The molecule has 4 heteroatoms. The molecule has 0 bridgehead atoms. The van der Waals surface area contributed by atoms with Gasteiger partial charge in [-0.15, -0.1) is 11.8 Å². The van der Waals surface area contributed by atoms with E-state index >= 15 is 0 Å². The highest BCUT2D eigenvalue weighted by Crippen LogP contribution is 2.23. The van der Waals surface area contributed by atoms with Crippen LogP contribution in [0.4, 0.5) is 0 Å². The van der Waals surface area contributed by atoms with Crippen molar-refractivity contribution in [1.82, 2.24) is 4.98 Å². The number of nitriles is 1. The molecule has 56 valence electrons. The second-order valence-corrected chi connectivity index (χ2v) is 3.00. The number of hydrogen-bond acceptors (Lipinski definition) is 3. The van der Waals surface area contributed by atoms with E-state index in [0.29, 0.717) is 5.56 Å². The van der Waals surface area contributed by atoms with Gasteiger partial charge in [-0.3, -0.25) is 0 Å². The standard InChI is InChI=1S/C7H5ClN2S/c1-11-6-2-3-10-7(8)5(6)4-9/h2-3H,1H3. The van der Waals surface area contributed by atoms with Crippen molar-refractivity contribution in [2.45, 2.75) is 4.90 Å². The lowest BCUT2D eigenvalue weighted by molar-refractivity contribution is 1.23. The summed E-state index contributed by atoms with van der Waals surface area (Å²) in [6.45, 7) is 0. The van der Waals surface area contributed by atoms with E-state index in [-0.39, 0.29) is 5.15 Å². The molecule has 0 saturated heterocycles. The van der Waals surface area contributed by atoms with Crippen molar-refractivity contribution in [1.29, 1.82) is 5.26 Å². The Morgan fingerprint density at radius 1 is 1.73 bits per heavy atom. The van der Waals surface area contributed by atoms with E-state index in [1.807, 2.05) is 12.3 Å². The van der Waals surface area contributed by atoms with Gasteiger partial charge >= 0.3 is 0 Å². The monoisotopic (exact) mass is 184 g/mol. The molecule has 0 aromatic carbocycles. The van der Waals surface area contributed by atoms with E-state index in [2.05, 4.69) is 4.98 Å². The van der Waals surface area contributed by atoms with Crippen molar-refractivity contribution in [3.8, 4) is 6.07 Å². The number of pyridine rings is 1. The predicted molar refractivity (Wildman–Crippen MR) is 45.7 cm³/mol. The summed E-state index contributed by atoms with van der Waals surface area (Å²) < 4.78 is 0. The van der Waals surface area contributed by atoms with Gasteiger partial charge in [0.1, 0.15) is 16.8 Å². The molecule has 11 heavy (non-hydrogen) atoms. The number of nitrogens with zero attached hydrogens (tertiary/aromatic N) is 2.